The fourth-order valence-electron chi connectivity index (χ4n) is 2.86. The van der Waals surface area contributed by atoms with E-state index in [1.54, 1.807) is 24.3 Å². The number of carbonyl (C=O) groups excluding carboxylic acids is 2. The molecule has 1 heterocycles. The molecule has 25 heavy (non-hydrogen) atoms. The van der Waals surface area contributed by atoms with Gasteiger partial charge in [-0.25, -0.2) is 0 Å². The third-order valence-electron chi connectivity index (χ3n) is 4.25. The molecule has 5 nitrogen and oxygen atoms in total. The van der Waals surface area contributed by atoms with Gasteiger partial charge in [0, 0.05) is 25.2 Å². The minimum absolute atomic E-state index is 0. The van der Waals surface area contributed by atoms with Crippen molar-refractivity contribution in [2.75, 3.05) is 18.4 Å². The molecule has 1 aliphatic rings. The Bertz CT molecular complexity index is 741. The van der Waals surface area contributed by atoms with Crippen LogP contribution in [0.3, 0.4) is 0 Å². The van der Waals surface area contributed by atoms with Crippen LogP contribution in [-0.2, 0) is 6.54 Å². The number of anilines is 1. The Morgan fingerprint density at radius 2 is 1.64 bits per heavy atom. The summed E-state index contributed by atoms with van der Waals surface area (Å²) >= 11 is 0. The van der Waals surface area contributed by atoms with Crippen molar-refractivity contribution in [2.45, 2.75) is 19.4 Å². The molecule has 6 heteroatoms. The van der Waals surface area contributed by atoms with Crippen LogP contribution in [0.25, 0.3) is 0 Å². The lowest BCUT2D eigenvalue weighted by Crippen LogP contribution is -2.28. The van der Waals surface area contributed by atoms with Crippen LogP contribution in [0.2, 0.25) is 0 Å². The van der Waals surface area contributed by atoms with E-state index in [1.165, 1.54) is 0 Å². The highest BCUT2D eigenvalue weighted by molar-refractivity contribution is 6.09. The van der Waals surface area contributed by atoms with Gasteiger partial charge in [0.25, 0.3) is 11.8 Å². The normalized spacial score (nSPS) is 13.2. The number of nitrogens with one attached hydrogen (secondary N) is 1. The monoisotopic (exact) mass is 359 g/mol. The van der Waals surface area contributed by atoms with Crippen LogP contribution in [0, 0.1) is 0 Å². The van der Waals surface area contributed by atoms with Crippen molar-refractivity contribution in [3.05, 3.63) is 65.2 Å². The summed E-state index contributed by atoms with van der Waals surface area (Å²) in [6.45, 7) is 2.00. The molecule has 3 rings (SSSR count). The van der Waals surface area contributed by atoms with E-state index in [-0.39, 0.29) is 24.2 Å². The van der Waals surface area contributed by atoms with Crippen LogP contribution in [0.4, 0.5) is 5.69 Å². The van der Waals surface area contributed by atoms with Crippen molar-refractivity contribution in [1.29, 1.82) is 0 Å². The molecular weight excluding hydrogens is 338 g/mol. The van der Waals surface area contributed by atoms with Crippen LogP contribution in [0.15, 0.2) is 48.5 Å². The van der Waals surface area contributed by atoms with E-state index < -0.39 is 0 Å². The first-order chi connectivity index (χ1) is 11.7. The second-order valence-electron chi connectivity index (χ2n) is 5.90. The molecule has 3 N–H and O–H groups in total. The number of likely N-dealkylation sites (tertiary alicyclic amines) is 1. The van der Waals surface area contributed by atoms with E-state index in [0.29, 0.717) is 23.4 Å². The third kappa shape index (κ3) is 4.38. The molecule has 0 aromatic heterocycles. The second-order valence-corrected chi connectivity index (χ2v) is 5.90. The molecule has 0 radical (unpaired) electrons. The summed E-state index contributed by atoms with van der Waals surface area (Å²) in [5.74, 6) is -0.262. The minimum Gasteiger partial charge on any atom is -0.339 e. The molecule has 0 atom stereocenters. The molecule has 0 bridgehead atoms. The average molecular weight is 360 g/mol. The fourth-order valence-corrected chi connectivity index (χ4v) is 2.86. The lowest BCUT2D eigenvalue weighted by Gasteiger charge is -2.18. The zero-order chi connectivity index (χ0) is 16.9. The van der Waals surface area contributed by atoms with Gasteiger partial charge in [-0.2, -0.15) is 0 Å². The highest BCUT2D eigenvalue weighted by Crippen LogP contribution is 2.21. The molecule has 2 aromatic carbocycles. The first-order valence-electron chi connectivity index (χ1n) is 8.17. The Kier molecular flexibility index (Phi) is 6.56. The molecule has 0 aliphatic carbocycles. The van der Waals surface area contributed by atoms with Crippen molar-refractivity contribution in [2.24, 2.45) is 5.73 Å². The largest absolute Gasteiger partial charge is 0.339 e. The Balaban J connectivity index is 0.00000225. The summed E-state index contributed by atoms with van der Waals surface area (Å²) in [5.41, 5.74) is 8.15. The zero-order valence-electron chi connectivity index (χ0n) is 13.9. The van der Waals surface area contributed by atoms with Gasteiger partial charge in [0.1, 0.15) is 0 Å². The lowest BCUT2D eigenvalue weighted by atomic mass is 10.1. The predicted octanol–water partition coefficient (Wildman–Crippen LogP) is 3.06. The van der Waals surface area contributed by atoms with Gasteiger partial charge in [-0.1, -0.05) is 24.3 Å². The van der Waals surface area contributed by atoms with Crippen LogP contribution < -0.4 is 11.1 Å². The van der Waals surface area contributed by atoms with Crippen molar-refractivity contribution in [1.82, 2.24) is 4.90 Å². The predicted molar refractivity (Wildman–Crippen MR) is 101 cm³/mol. The van der Waals surface area contributed by atoms with E-state index in [9.17, 15) is 9.59 Å². The Hall–Kier alpha value is -2.37. The number of para-hydroxylation sites is 1. The molecular formula is C19H22ClN3O2. The molecule has 2 aromatic rings. The molecule has 132 valence electrons. The maximum absolute atomic E-state index is 12.6. The highest BCUT2D eigenvalue weighted by atomic mass is 35.5. The summed E-state index contributed by atoms with van der Waals surface area (Å²) in [7, 11) is 0. The summed E-state index contributed by atoms with van der Waals surface area (Å²) < 4.78 is 0. The quantitative estimate of drug-likeness (QED) is 0.880. The molecule has 0 spiro atoms. The van der Waals surface area contributed by atoms with Gasteiger partial charge >= 0.3 is 0 Å². The lowest BCUT2D eigenvalue weighted by molar-refractivity contribution is 0.0794. The second kappa shape index (κ2) is 8.65. The van der Waals surface area contributed by atoms with E-state index in [2.05, 4.69) is 5.32 Å². The van der Waals surface area contributed by atoms with Gasteiger partial charge in [0.05, 0.1) is 11.3 Å². The SMILES string of the molecule is Cl.NCc1ccc(C(=O)Nc2ccccc2C(=O)N2CCCC2)cc1. The first-order valence-corrected chi connectivity index (χ1v) is 8.17. The molecule has 0 unspecified atom stereocenters. The van der Waals surface area contributed by atoms with Gasteiger partial charge in [-0.05, 0) is 42.7 Å². The van der Waals surface area contributed by atoms with Gasteiger partial charge < -0.3 is 16.0 Å². The van der Waals surface area contributed by atoms with Gasteiger partial charge in [0.15, 0.2) is 0 Å². The Morgan fingerprint density at radius 3 is 2.28 bits per heavy atom. The average Bonchev–Trinajstić information content (AvgIpc) is 3.16. The zero-order valence-corrected chi connectivity index (χ0v) is 14.7. The number of hydrogen-bond donors (Lipinski definition) is 2. The molecule has 2 amide bonds. The third-order valence-corrected chi connectivity index (χ3v) is 4.25. The maximum atomic E-state index is 12.6. The van der Waals surface area contributed by atoms with Crippen LogP contribution in [0.1, 0.15) is 39.1 Å². The van der Waals surface area contributed by atoms with Crippen molar-refractivity contribution >= 4 is 29.9 Å². The number of carbonyl (C=O) groups is 2. The summed E-state index contributed by atoms with van der Waals surface area (Å²) in [4.78, 5) is 26.9. The van der Waals surface area contributed by atoms with Crippen molar-refractivity contribution < 1.29 is 9.59 Å². The van der Waals surface area contributed by atoms with Gasteiger partial charge in [-0.3, -0.25) is 9.59 Å². The van der Waals surface area contributed by atoms with Gasteiger partial charge in [-0.15, -0.1) is 12.4 Å². The number of amides is 2. The molecule has 0 saturated carbocycles. The first kappa shape index (κ1) is 19.0. The van der Waals surface area contributed by atoms with E-state index >= 15 is 0 Å². The summed E-state index contributed by atoms with van der Waals surface area (Å²) in [5, 5.41) is 2.85. The number of nitrogens with zero attached hydrogens (tertiary/aromatic N) is 1. The highest BCUT2D eigenvalue weighted by Gasteiger charge is 2.22. The number of hydrogen-bond acceptors (Lipinski definition) is 3. The Morgan fingerprint density at radius 1 is 1.00 bits per heavy atom. The van der Waals surface area contributed by atoms with Crippen LogP contribution in [0.5, 0.6) is 0 Å². The van der Waals surface area contributed by atoms with Crippen LogP contribution >= 0.6 is 12.4 Å². The fraction of sp³-hybridized carbons (Fsp3) is 0.263. The summed E-state index contributed by atoms with van der Waals surface area (Å²) in [6.07, 6.45) is 2.07. The van der Waals surface area contributed by atoms with E-state index in [0.717, 1.165) is 31.5 Å². The number of nitrogens with two attached hydrogens (primary N) is 1. The number of halogens is 1. The Labute approximate surface area is 153 Å². The topological polar surface area (TPSA) is 75.4 Å². The molecule has 1 aliphatic heterocycles. The van der Waals surface area contributed by atoms with Crippen LogP contribution in [-0.4, -0.2) is 29.8 Å². The summed E-state index contributed by atoms with van der Waals surface area (Å²) in [6, 6.07) is 14.3. The minimum atomic E-state index is -0.236. The maximum Gasteiger partial charge on any atom is 0.255 e. The van der Waals surface area contributed by atoms with Gasteiger partial charge in [0.2, 0.25) is 0 Å². The number of benzene rings is 2. The van der Waals surface area contributed by atoms with Crippen molar-refractivity contribution in [3.63, 3.8) is 0 Å². The standard InChI is InChI=1S/C19H21N3O2.ClH/c20-13-14-7-9-15(10-8-14)18(23)21-17-6-2-1-5-16(17)19(24)22-11-3-4-12-22;/h1-2,5-10H,3-4,11-13,20H2,(H,21,23);1H. The molecule has 1 fully saturated rings. The smallest absolute Gasteiger partial charge is 0.255 e. The molecule has 1 saturated heterocycles. The number of rotatable bonds is 4. The van der Waals surface area contributed by atoms with Crippen molar-refractivity contribution in [3.8, 4) is 0 Å². The van der Waals surface area contributed by atoms with E-state index in [1.807, 2.05) is 29.2 Å². The van der Waals surface area contributed by atoms with E-state index in [4.69, 9.17) is 5.73 Å².